The molecule has 5 heteroatoms. The molecule has 0 saturated heterocycles. The van der Waals surface area contributed by atoms with Crippen LogP contribution in [-0.2, 0) is 19.1 Å². The minimum Gasteiger partial charge on any atom is -0.458 e. The third-order valence-electron chi connectivity index (χ3n) is 2.08. The molecule has 0 unspecified atom stereocenters. The molecule has 1 atom stereocenters. The molecule has 18 heavy (non-hydrogen) atoms. The van der Waals surface area contributed by atoms with Crippen LogP contribution in [0.25, 0.3) is 0 Å². The third kappa shape index (κ3) is 7.27. The average Bonchev–Trinajstić information content (AvgIpc) is 2.19. The van der Waals surface area contributed by atoms with Gasteiger partial charge < -0.3 is 14.8 Å². The Hall–Kier alpha value is -1.10. The minimum atomic E-state index is -0.641. The van der Waals surface area contributed by atoms with Gasteiger partial charge in [0, 0.05) is 6.61 Å². The summed E-state index contributed by atoms with van der Waals surface area (Å²) in [6, 6.07) is -0.641. The molecule has 0 aromatic heterocycles. The lowest BCUT2D eigenvalue weighted by molar-refractivity contribution is -0.160. The fourth-order valence-corrected chi connectivity index (χ4v) is 1.27. The lowest BCUT2D eigenvalue weighted by atomic mass is 10.0. The standard InChI is InChI=1S/C13H25NO4/c1-7-17-8-10(15)14-11(9(2)3)12(16)18-13(4,5)6/h9,11H,7-8H2,1-6H3,(H,14,15)/t11-/m0/s1. The van der Waals surface area contributed by atoms with Crippen LogP contribution in [0.2, 0.25) is 0 Å². The monoisotopic (exact) mass is 259 g/mol. The maximum Gasteiger partial charge on any atom is 0.329 e. The molecule has 0 saturated carbocycles. The Morgan fingerprint density at radius 2 is 1.78 bits per heavy atom. The second-order valence-electron chi connectivity index (χ2n) is 5.46. The molecule has 0 radical (unpaired) electrons. The number of ether oxygens (including phenoxy) is 2. The highest BCUT2D eigenvalue weighted by Crippen LogP contribution is 2.12. The van der Waals surface area contributed by atoms with Crippen molar-refractivity contribution in [2.75, 3.05) is 13.2 Å². The van der Waals surface area contributed by atoms with E-state index < -0.39 is 17.6 Å². The SMILES string of the molecule is CCOCC(=O)N[C@H](C(=O)OC(C)(C)C)C(C)C. The number of nitrogens with one attached hydrogen (secondary N) is 1. The third-order valence-corrected chi connectivity index (χ3v) is 2.08. The molecule has 0 aromatic rings. The van der Waals surface area contributed by atoms with E-state index >= 15 is 0 Å². The summed E-state index contributed by atoms with van der Waals surface area (Å²) >= 11 is 0. The maximum atomic E-state index is 11.9. The van der Waals surface area contributed by atoms with Gasteiger partial charge in [-0.1, -0.05) is 13.8 Å². The van der Waals surface area contributed by atoms with E-state index in [2.05, 4.69) is 5.32 Å². The Morgan fingerprint density at radius 1 is 1.22 bits per heavy atom. The van der Waals surface area contributed by atoms with Crippen molar-refractivity contribution in [2.45, 2.75) is 53.2 Å². The predicted molar refractivity (Wildman–Crippen MR) is 69.1 cm³/mol. The van der Waals surface area contributed by atoms with Crippen molar-refractivity contribution >= 4 is 11.9 Å². The van der Waals surface area contributed by atoms with Gasteiger partial charge in [0.1, 0.15) is 18.2 Å². The predicted octanol–water partition coefficient (Wildman–Crippen LogP) is 1.51. The van der Waals surface area contributed by atoms with Crippen molar-refractivity contribution in [1.82, 2.24) is 5.32 Å². The highest BCUT2D eigenvalue weighted by Gasteiger charge is 2.28. The first-order chi connectivity index (χ1) is 8.17. The van der Waals surface area contributed by atoms with Crippen molar-refractivity contribution in [3.8, 4) is 0 Å². The van der Waals surface area contributed by atoms with E-state index in [1.54, 1.807) is 27.7 Å². The molecule has 0 fully saturated rings. The van der Waals surface area contributed by atoms with Crippen molar-refractivity contribution in [1.29, 1.82) is 0 Å². The quantitative estimate of drug-likeness (QED) is 0.734. The van der Waals surface area contributed by atoms with Crippen molar-refractivity contribution in [3.63, 3.8) is 0 Å². The van der Waals surface area contributed by atoms with Crippen LogP contribution in [0.1, 0.15) is 41.5 Å². The van der Waals surface area contributed by atoms with Crippen molar-refractivity contribution in [2.24, 2.45) is 5.92 Å². The molecule has 5 nitrogen and oxygen atoms in total. The Balaban J connectivity index is 4.48. The van der Waals surface area contributed by atoms with Gasteiger partial charge in [0.2, 0.25) is 5.91 Å². The number of carbonyl (C=O) groups is 2. The van der Waals surface area contributed by atoms with Gasteiger partial charge >= 0.3 is 5.97 Å². The molecule has 0 rings (SSSR count). The Labute approximate surface area is 109 Å². The number of amides is 1. The summed E-state index contributed by atoms with van der Waals surface area (Å²) in [7, 11) is 0. The van der Waals surface area contributed by atoms with Crippen molar-refractivity contribution in [3.05, 3.63) is 0 Å². The second-order valence-corrected chi connectivity index (χ2v) is 5.46. The second kappa shape index (κ2) is 7.36. The van der Waals surface area contributed by atoms with E-state index in [4.69, 9.17) is 9.47 Å². The first-order valence-corrected chi connectivity index (χ1v) is 6.27. The summed E-state index contributed by atoms with van der Waals surface area (Å²) < 4.78 is 10.3. The zero-order chi connectivity index (χ0) is 14.3. The average molecular weight is 259 g/mol. The van der Waals surface area contributed by atoms with E-state index in [1.807, 2.05) is 13.8 Å². The van der Waals surface area contributed by atoms with Crippen LogP contribution in [-0.4, -0.2) is 36.7 Å². The summed E-state index contributed by atoms with van der Waals surface area (Å²) in [6.07, 6.45) is 0. The molecule has 0 aromatic carbocycles. The smallest absolute Gasteiger partial charge is 0.329 e. The first kappa shape index (κ1) is 16.9. The minimum absolute atomic E-state index is 0.0366. The van der Waals surface area contributed by atoms with E-state index in [0.717, 1.165) is 0 Å². The van der Waals surface area contributed by atoms with Gasteiger partial charge in [-0.3, -0.25) is 4.79 Å². The summed E-state index contributed by atoms with van der Waals surface area (Å²) in [5, 5.41) is 2.64. The summed E-state index contributed by atoms with van der Waals surface area (Å²) in [4.78, 5) is 23.5. The van der Waals surface area contributed by atoms with Crippen LogP contribution in [0.15, 0.2) is 0 Å². The highest BCUT2D eigenvalue weighted by molar-refractivity contribution is 5.85. The summed E-state index contributed by atoms with van der Waals surface area (Å²) in [6.45, 7) is 11.3. The molecule has 0 aliphatic heterocycles. The Morgan fingerprint density at radius 3 is 2.17 bits per heavy atom. The van der Waals surface area contributed by atoms with Gasteiger partial charge in [-0.25, -0.2) is 4.79 Å². The fraction of sp³-hybridized carbons (Fsp3) is 0.846. The summed E-state index contributed by atoms with van der Waals surface area (Å²) in [5.74, 6) is -0.755. The molecule has 0 aliphatic rings. The topological polar surface area (TPSA) is 64.6 Å². The zero-order valence-electron chi connectivity index (χ0n) is 12.2. The number of hydrogen-bond donors (Lipinski definition) is 1. The number of rotatable bonds is 6. The molecule has 0 spiro atoms. The van der Waals surface area contributed by atoms with Gasteiger partial charge in [-0.05, 0) is 33.6 Å². The van der Waals surface area contributed by atoms with Crippen LogP contribution < -0.4 is 5.32 Å². The maximum absolute atomic E-state index is 11.9. The van der Waals surface area contributed by atoms with Gasteiger partial charge in [-0.2, -0.15) is 0 Å². The Kier molecular flexibility index (Phi) is 6.91. The first-order valence-electron chi connectivity index (χ1n) is 6.27. The van der Waals surface area contributed by atoms with Gasteiger partial charge in [-0.15, -0.1) is 0 Å². The summed E-state index contributed by atoms with van der Waals surface area (Å²) in [5.41, 5.74) is -0.561. The van der Waals surface area contributed by atoms with Gasteiger partial charge in [0.05, 0.1) is 0 Å². The molecule has 1 amide bonds. The van der Waals surface area contributed by atoms with E-state index in [1.165, 1.54) is 0 Å². The zero-order valence-corrected chi connectivity index (χ0v) is 12.2. The molecular weight excluding hydrogens is 234 g/mol. The molecule has 0 bridgehead atoms. The van der Waals surface area contributed by atoms with E-state index in [0.29, 0.717) is 6.61 Å². The number of carbonyl (C=O) groups excluding carboxylic acids is 2. The van der Waals surface area contributed by atoms with Crippen LogP contribution in [0.5, 0.6) is 0 Å². The van der Waals surface area contributed by atoms with Crippen LogP contribution >= 0.6 is 0 Å². The number of hydrogen-bond acceptors (Lipinski definition) is 4. The normalized spacial score (nSPS) is 13.3. The molecule has 106 valence electrons. The van der Waals surface area contributed by atoms with Crippen molar-refractivity contribution < 1.29 is 19.1 Å². The van der Waals surface area contributed by atoms with Crippen LogP contribution in [0, 0.1) is 5.92 Å². The highest BCUT2D eigenvalue weighted by atomic mass is 16.6. The fourth-order valence-electron chi connectivity index (χ4n) is 1.27. The largest absolute Gasteiger partial charge is 0.458 e. The lowest BCUT2D eigenvalue weighted by Gasteiger charge is -2.26. The van der Waals surface area contributed by atoms with Crippen LogP contribution in [0.4, 0.5) is 0 Å². The van der Waals surface area contributed by atoms with E-state index in [9.17, 15) is 9.59 Å². The van der Waals surface area contributed by atoms with E-state index in [-0.39, 0.29) is 18.4 Å². The van der Waals surface area contributed by atoms with Gasteiger partial charge in [0.25, 0.3) is 0 Å². The number of esters is 1. The molecule has 0 heterocycles. The molecule has 1 N–H and O–H groups in total. The molecule has 0 aliphatic carbocycles. The van der Waals surface area contributed by atoms with Crippen LogP contribution in [0.3, 0.4) is 0 Å². The molecular formula is C13H25NO4. The van der Waals surface area contributed by atoms with Gasteiger partial charge in [0.15, 0.2) is 0 Å². The Bertz CT molecular complexity index is 281. The lowest BCUT2D eigenvalue weighted by Crippen LogP contribution is -2.48.